The number of anilines is 1. The number of hydrogen-bond acceptors (Lipinski definition) is 13. The molecule has 1 saturated heterocycles. The Balaban J connectivity index is 1.75. The zero-order chi connectivity index (χ0) is 33.2. The number of hydrogen-bond donors (Lipinski definition) is 3. The van der Waals surface area contributed by atoms with Crippen LogP contribution in [-0.4, -0.2) is 68.7 Å². The van der Waals surface area contributed by atoms with Crippen molar-refractivity contribution >= 4 is 31.0 Å². The lowest BCUT2D eigenvalue weighted by molar-refractivity contribution is -0.168. The molecule has 3 aromatic rings. The quantitative estimate of drug-likeness (QED) is 0.191. The molecule has 1 unspecified atom stereocenters. The number of fused-ring (bicyclic) bond motifs is 1. The number of carbonyl (C=O) groups excluding carboxylic acids is 2. The van der Waals surface area contributed by atoms with Crippen molar-refractivity contribution in [2.24, 2.45) is 5.92 Å². The van der Waals surface area contributed by atoms with Gasteiger partial charge in [-0.3, -0.25) is 14.1 Å². The average Bonchev–Trinajstić information content (AvgIpc) is 3.49. The summed E-state index contributed by atoms with van der Waals surface area (Å²) in [5.41, 5.74) is 2.10. The molecule has 16 heteroatoms. The van der Waals surface area contributed by atoms with Crippen molar-refractivity contribution in [3.63, 3.8) is 0 Å². The molecule has 3 heterocycles. The van der Waals surface area contributed by atoms with Crippen LogP contribution >= 0.6 is 7.75 Å². The van der Waals surface area contributed by atoms with E-state index in [-0.39, 0.29) is 29.7 Å². The molecule has 45 heavy (non-hydrogen) atoms. The van der Waals surface area contributed by atoms with Crippen molar-refractivity contribution < 1.29 is 42.5 Å². The van der Waals surface area contributed by atoms with Crippen molar-refractivity contribution in [1.29, 1.82) is 5.26 Å². The summed E-state index contributed by atoms with van der Waals surface area (Å²) in [4.78, 5) is 29.4. The minimum Gasteiger partial charge on any atom is -0.465 e. The van der Waals surface area contributed by atoms with Crippen LogP contribution < -0.4 is 15.3 Å². The molecule has 4 rings (SSSR count). The highest BCUT2D eigenvalue weighted by molar-refractivity contribution is 7.52. The lowest BCUT2D eigenvalue weighted by Crippen LogP contribution is -2.54. The summed E-state index contributed by atoms with van der Waals surface area (Å²) in [5, 5.41) is 29.6. The van der Waals surface area contributed by atoms with Crippen molar-refractivity contribution in [3.05, 3.63) is 54.0 Å². The van der Waals surface area contributed by atoms with Crippen LogP contribution in [0.2, 0.25) is 0 Å². The Labute approximate surface area is 260 Å². The molecule has 15 nitrogen and oxygen atoms in total. The third kappa shape index (κ3) is 6.66. The van der Waals surface area contributed by atoms with Gasteiger partial charge in [-0.25, -0.2) is 14.1 Å². The maximum Gasteiger partial charge on any atom is 0.459 e. The van der Waals surface area contributed by atoms with E-state index < -0.39 is 61.7 Å². The molecule has 0 bridgehead atoms. The number of nitrogens with two attached hydrogens (primary N) is 1. The number of carbonyl (C=O) groups is 2. The van der Waals surface area contributed by atoms with Crippen molar-refractivity contribution in [3.8, 4) is 11.8 Å². The minimum absolute atomic E-state index is 0.0769. The Morgan fingerprint density at radius 3 is 2.53 bits per heavy atom. The standard InChI is InChI=1S/C29H37N6O9P/c1-7-40-27(37)18(4)34-45(39,44-20-11-9-8-10-12-20)41-15-22-24(42-26(36)17(2)3)28(6,38)29(16-30,43-22)23-14-13-21-25(31)32-19(5)33-35(21)23/h8-14,17-18,22,24,38H,7,15H2,1-6H3,(H,34,39)(H2,31,32,33)/t18-,22+,24+,28+,29-,45?/m0/s1. The summed E-state index contributed by atoms with van der Waals surface area (Å²) < 4.78 is 43.9. The fourth-order valence-electron chi connectivity index (χ4n) is 4.89. The number of aliphatic hydroxyl groups is 1. The average molecular weight is 645 g/mol. The SMILES string of the molecule is CCOC(=O)[C@H](C)NP(=O)(OC[C@H]1O[C@@](C#N)(c2ccc3c(N)nc(C)nn23)[C@](C)(O)[C@@H]1OC(=O)C(C)C)Oc1ccccc1. The van der Waals surface area contributed by atoms with Crippen molar-refractivity contribution in [1.82, 2.24) is 19.7 Å². The minimum atomic E-state index is -4.39. The Hall–Kier alpha value is -4.06. The molecule has 0 amide bonds. The van der Waals surface area contributed by atoms with Gasteiger partial charge in [0.1, 0.15) is 40.9 Å². The van der Waals surface area contributed by atoms with Crippen LogP contribution in [0.25, 0.3) is 5.52 Å². The first kappa shape index (κ1) is 33.8. The van der Waals surface area contributed by atoms with Crippen LogP contribution in [-0.2, 0) is 38.5 Å². The van der Waals surface area contributed by atoms with Gasteiger partial charge in [-0.1, -0.05) is 32.0 Å². The van der Waals surface area contributed by atoms with Crippen LogP contribution in [0.4, 0.5) is 5.82 Å². The predicted molar refractivity (Wildman–Crippen MR) is 160 cm³/mol. The predicted octanol–water partition coefficient (Wildman–Crippen LogP) is 2.80. The van der Waals surface area contributed by atoms with Crippen LogP contribution in [0.3, 0.4) is 0 Å². The monoisotopic (exact) mass is 644 g/mol. The van der Waals surface area contributed by atoms with Gasteiger partial charge in [0.15, 0.2) is 11.9 Å². The van der Waals surface area contributed by atoms with E-state index in [2.05, 4.69) is 15.2 Å². The van der Waals surface area contributed by atoms with E-state index in [0.717, 1.165) is 0 Å². The first-order valence-corrected chi connectivity index (χ1v) is 15.8. The molecule has 1 aromatic carbocycles. The molecule has 6 atom stereocenters. The van der Waals surface area contributed by atoms with Gasteiger partial charge in [0.05, 0.1) is 24.8 Å². The Bertz CT molecular complexity index is 1640. The number of aromatic nitrogens is 3. The highest BCUT2D eigenvalue weighted by Crippen LogP contribution is 2.51. The third-order valence-corrected chi connectivity index (χ3v) is 8.82. The highest BCUT2D eigenvalue weighted by Gasteiger charge is 2.67. The molecule has 242 valence electrons. The van der Waals surface area contributed by atoms with Crippen LogP contribution in [0.1, 0.15) is 46.1 Å². The Kier molecular flexibility index (Phi) is 9.86. The zero-order valence-corrected chi connectivity index (χ0v) is 26.7. The second-order valence-corrected chi connectivity index (χ2v) is 12.7. The molecule has 1 aliphatic heterocycles. The lowest BCUT2D eigenvalue weighted by atomic mass is 9.80. The van der Waals surface area contributed by atoms with E-state index >= 15 is 0 Å². The number of benzene rings is 1. The van der Waals surface area contributed by atoms with Crippen molar-refractivity contribution in [2.45, 2.75) is 71.0 Å². The van der Waals surface area contributed by atoms with E-state index in [1.54, 1.807) is 52.0 Å². The first-order chi connectivity index (χ1) is 21.2. The van der Waals surface area contributed by atoms with E-state index in [0.29, 0.717) is 5.52 Å². The van der Waals surface area contributed by atoms with E-state index in [9.17, 15) is 24.5 Å². The zero-order valence-electron chi connectivity index (χ0n) is 25.8. The summed E-state index contributed by atoms with van der Waals surface area (Å²) in [6.07, 6.45) is -2.88. The molecule has 0 aliphatic carbocycles. The number of nitrogens with one attached hydrogen (secondary N) is 1. The topological polar surface area (TPSA) is 210 Å². The van der Waals surface area contributed by atoms with Gasteiger partial charge in [0.25, 0.3) is 0 Å². The van der Waals surface area contributed by atoms with Crippen LogP contribution in [0.5, 0.6) is 5.75 Å². The van der Waals surface area contributed by atoms with Gasteiger partial charge in [-0.05, 0) is 52.0 Å². The Morgan fingerprint density at radius 2 is 1.91 bits per heavy atom. The number of nitriles is 1. The number of nitrogen functional groups attached to an aromatic ring is 1. The second-order valence-electron chi connectivity index (χ2n) is 11.0. The number of ether oxygens (including phenoxy) is 3. The molecule has 2 aromatic heterocycles. The Morgan fingerprint density at radius 1 is 1.22 bits per heavy atom. The van der Waals surface area contributed by atoms with Gasteiger partial charge in [0, 0.05) is 0 Å². The number of para-hydroxylation sites is 1. The number of nitrogens with zero attached hydrogens (tertiary/aromatic N) is 4. The number of rotatable bonds is 12. The van der Waals surface area contributed by atoms with Gasteiger partial charge in [-0.15, -0.1) is 0 Å². The van der Waals surface area contributed by atoms with Gasteiger partial charge >= 0.3 is 19.7 Å². The van der Waals surface area contributed by atoms with Gasteiger partial charge < -0.3 is 29.6 Å². The molecule has 1 fully saturated rings. The summed E-state index contributed by atoms with van der Waals surface area (Å²) >= 11 is 0. The third-order valence-electron chi connectivity index (χ3n) is 7.18. The number of esters is 2. The molecule has 0 spiro atoms. The van der Waals surface area contributed by atoms with Crippen LogP contribution in [0, 0.1) is 24.2 Å². The van der Waals surface area contributed by atoms with Crippen LogP contribution in [0.15, 0.2) is 42.5 Å². The number of aryl methyl sites for hydroxylation is 1. The normalized spacial score (nSPS) is 25.0. The van der Waals surface area contributed by atoms with E-state index in [1.165, 1.54) is 36.6 Å². The molecule has 0 saturated carbocycles. The first-order valence-electron chi connectivity index (χ1n) is 14.3. The smallest absolute Gasteiger partial charge is 0.459 e. The lowest BCUT2D eigenvalue weighted by Gasteiger charge is -2.34. The molecular formula is C29H37N6O9P. The molecule has 1 aliphatic rings. The van der Waals surface area contributed by atoms with Gasteiger partial charge in [0.2, 0.25) is 5.60 Å². The van der Waals surface area contributed by atoms with Crippen molar-refractivity contribution in [2.75, 3.05) is 18.9 Å². The summed E-state index contributed by atoms with van der Waals surface area (Å²) in [5.74, 6) is -1.44. The molecule has 0 radical (unpaired) electrons. The fourth-order valence-corrected chi connectivity index (χ4v) is 6.40. The second kappa shape index (κ2) is 13.1. The summed E-state index contributed by atoms with van der Waals surface area (Å²) in [6.45, 7) is 8.59. The maximum absolute atomic E-state index is 14.1. The van der Waals surface area contributed by atoms with Gasteiger partial charge in [-0.2, -0.15) is 15.4 Å². The largest absolute Gasteiger partial charge is 0.465 e. The summed E-state index contributed by atoms with van der Waals surface area (Å²) in [7, 11) is -4.39. The van der Waals surface area contributed by atoms with E-state index in [4.69, 9.17) is 29.0 Å². The summed E-state index contributed by atoms with van der Waals surface area (Å²) in [6, 6.07) is 12.1. The van der Waals surface area contributed by atoms with E-state index in [1.807, 2.05) is 6.07 Å². The molecular weight excluding hydrogens is 607 g/mol. The fraction of sp³-hybridized carbons (Fsp3) is 0.483. The molecule has 4 N–H and O–H groups in total. The maximum atomic E-state index is 14.1. The highest BCUT2D eigenvalue weighted by atomic mass is 31.2.